The first-order valence-electron chi connectivity index (χ1n) is 41.5. The molecule has 0 aliphatic rings. The fourth-order valence-corrected chi connectivity index (χ4v) is 15.7. The van der Waals surface area contributed by atoms with E-state index >= 15 is 0 Å². The Morgan fingerprint density at radius 2 is 0.746 bits per heavy atom. The van der Waals surface area contributed by atoms with E-state index in [1.807, 2.05) is 155 Å². The van der Waals surface area contributed by atoms with Crippen molar-refractivity contribution in [3.05, 3.63) is 222 Å². The topological polar surface area (TPSA) is 259 Å². The number of H-pyrrole nitrogens is 1. The first-order valence-corrected chi connectivity index (χ1v) is 45.0. The molecule has 0 bridgehead atoms. The second kappa shape index (κ2) is 50.0. The molecule has 650 valence electrons. The number of alkyl halides is 1. The first kappa shape index (κ1) is 99.2. The maximum Gasteiger partial charge on any atom is 0.407 e. The molecule has 22 nitrogen and oxygen atoms in total. The third-order valence-electron chi connectivity index (χ3n) is 19.7. The number of hydrogen-bond donors (Lipinski definition) is 4. The molecule has 122 heavy (non-hydrogen) atoms. The molecule has 3 aromatic heterocycles. The van der Waals surface area contributed by atoms with Crippen LogP contribution in [-0.2, 0) is 29.1 Å². The van der Waals surface area contributed by atoms with Gasteiger partial charge in [-0.3, -0.25) is 19.5 Å². The van der Waals surface area contributed by atoms with Crippen molar-refractivity contribution < 1.29 is 33.4 Å². The van der Waals surface area contributed by atoms with Crippen molar-refractivity contribution in [1.29, 1.82) is 0 Å². The van der Waals surface area contributed by atoms with E-state index in [-0.39, 0.29) is 54.0 Å². The van der Waals surface area contributed by atoms with Gasteiger partial charge in [-0.15, -0.1) is 45.2 Å². The van der Waals surface area contributed by atoms with Crippen LogP contribution < -0.4 is 31.1 Å². The minimum Gasteiger partial charge on any atom is -0.444 e. The van der Waals surface area contributed by atoms with Gasteiger partial charge in [0, 0.05) is 122 Å². The van der Waals surface area contributed by atoms with Gasteiger partial charge in [-0.25, -0.2) is 9.59 Å². The molecule has 0 aliphatic carbocycles. The molecular weight excluding hydrogens is 1700 g/mol. The monoisotopic (exact) mass is 1810 g/mol. The lowest BCUT2D eigenvalue weighted by Gasteiger charge is -2.21. The van der Waals surface area contributed by atoms with Gasteiger partial charge >= 0.3 is 12.2 Å². The molecule has 0 fully saturated rings. The van der Waals surface area contributed by atoms with Gasteiger partial charge in [-0.1, -0.05) is 149 Å². The van der Waals surface area contributed by atoms with Crippen LogP contribution in [0.1, 0.15) is 153 Å². The number of anilines is 3. The van der Waals surface area contributed by atoms with Gasteiger partial charge in [-0.2, -0.15) is 5.10 Å². The Kier molecular flexibility index (Phi) is 40.6. The predicted molar refractivity (Wildman–Crippen MR) is 514 cm³/mol. The van der Waals surface area contributed by atoms with E-state index in [9.17, 15) is 24.0 Å². The number of nitrogens with one attached hydrogen (secondary N) is 3. The van der Waals surface area contributed by atoms with Crippen LogP contribution in [0.5, 0.6) is 0 Å². The molecule has 5 N–H and O–H groups in total. The van der Waals surface area contributed by atoms with E-state index in [0.29, 0.717) is 52.8 Å². The number of nitrogens with two attached hydrogens (primary N) is 1. The molecule has 12 rings (SSSR count). The van der Waals surface area contributed by atoms with Crippen LogP contribution in [-0.4, -0.2) is 161 Å². The van der Waals surface area contributed by atoms with Crippen molar-refractivity contribution in [2.75, 3.05) is 90.4 Å². The summed E-state index contributed by atoms with van der Waals surface area (Å²) < 4.78 is 17.4. The Labute approximate surface area is 753 Å². The Hall–Kier alpha value is -9.93. The van der Waals surface area contributed by atoms with Crippen LogP contribution in [0.2, 0.25) is 0 Å². The van der Waals surface area contributed by atoms with Crippen molar-refractivity contribution >= 4 is 155 Å². The van der Waals surface area contributed by atoms with E-state index in [1.165, 1.54) is 50.8 Å². The average Bonchev–Trinajstić information content (AvgIpc) is 1.55. The highest BCUT2D eigenvalue weighted by atomic mass is 79.9. The number of ether oxygens (including phenoxy) is 2. The summed E-state index contributed by atoms with van der Waals surface area (Å²) in [6, 6.07) is 67.2. The number of fused-ring (bicyclic) bond motifs is 3. The molecular formula is C94H118BrCl2N15O7S3. The molecule has 0 aliphatic heterocycles. The zero-order valence-corrected chi connectivity index (χ0v) is 77.8. The fraction of sp³-hybridized carbons (Fsp3) is 0.372. The summed E-state index contributed by atoms with van der Waals surface area (Å²) in [6.07, 6.45) is 4.31. The third-order valence-corrected chi connectivity index (χ3v) is 22.5. The molecule has 0 radical (unpaired) electrons. The number of hydrogen-bond acceptors (Lipinski definition) is 19. The van der Waals surface area contributed by atoms with Crippen LogP contribution in [0, 0.1) is 4.77 Å². The highest BCUT2D eigenvalue weighted by Gasteiger charge is 2.22. The Morgan fingerprint density at radius 3 is 1.07 bits per heavy atom. The predicted octanol–water partition coefficient (Wildman–Crippen LogP) is 21.9. The number of unbranched alkanes of at least 4 members (excludes halogenated alkanes) is 3. The Bertz CT molecular complexity index is 5350. The van der Waals surface area contributed by atoms with Crippen LogP contribution in [0.4, 0.5) is 26.7 Å². The Morgan fingerprint density at radius 1 is 0.426 bits per heavy atom. The second-order valence-corrected chi connectivity index (χ2v) is 33.3. The molecule has 9 aromatic carbocycles. The second-order valence-electron chi connectivity index (χ2n) is 30.5. The first-order chi connectivity index (χ1) is 57.9. The third kappa shape index (κ3) is 29.7. The molecule has 12 aromatic rings. The van der Waals surface area contributed by atoms with Crippen molar-refractivity contribution in [2.45, 2.75) is 163 Å². The summed E-state index contributed by atoms with van der Waals surface area (Å²) in [7, 11) is 0. The number of amides is 2. The number of carbonyl (C=O) groups excluding carboxylic acids is 5. The number of aromatic amines is 1. The van der Waals surface area contributed by atoms with E-state index in [1.54, 1.807) is 0 Å². The van der Waals surface area contributed by atoms with Gasteiger partial charge in [0.25, 0.3) is 0 Å². The van der Waals surface area contributed by atoms with Crippen molar-refractivity contribution in [1.82, 2.24) is 54.9 Å². The average molecular weight is 1820 g/mol. The van der Waals surface area contributed by atoms with Gasteiger partial charge in [0.1, 0.15) is 11.2 Å². The largest absolute Gasteiger partial charge is 0.444 e. The van der Waals surface area contributed by atoms with Crippen molar-refractivity contribution in [2.24, 2.45) is 5.73 Å². The van der Waals surface area contributed by atoms with E-state index in [2.05, 4.69) is 214 Å². The van der Waals surface area contributed by atoms with Crippen LogP contribution in [0.25, 0.3) is 66.5 Å². The van der Waals surface area contributed by atoms with Gasteiger partial charge < -0.3 is 54.2 Å². The number of carbonyl (C=O) groups is 5. The number of alkyl carbamates (subject to hydrolysis) is 2. The zero-order chi connectivity index (χ0) is 86.1. The molecule has 0 saturated heterocycles. The summed E-state index contributed by atoms with van der Waals surface area (Å²) in [5, 5.41) is 39.8. The highest BCUT2D eigenvalue weighted by molar-refractivity contribution is 9.09. The maximum atomic E-state index is 13.1. The lowest BCUT2D eigenvalue weighted by atomic mass is 10.1. The summed E-state index contributed by atoms with van der Waals surface area (Å²) >= 11 is 11.4. The Balaban J connectivity index is 0.000000233. The van der Waals surface area contributed by atoms with Gasteiger partial charge in [0.2, 0.25) is 0 Å². The molecule has 0 saturated carbocycles. The number of benzene rings is 9. The van der Waals surface area contributed by atoms with Crippen molar-refractivity contribution in [3.63, 3.8) is 0 Å². The number of rotatable bonds is 36. The SMILES string of the molecule is CC(C)(C)OC(=O)NCCCCn1c(-c2ccc3ccccc3c2)n[nH]c1=S.CCN(CC)c1ccc(C(=O)CBr)cc1.CCN(CC)c1ccc(C(=O)CSc2nnc(-c3ccc4ccccc4c3)n2CCCCN)cc1.CCN(CC)c1ccc(C(=O)CSc2nnc(-c3ccc4ccccc4c3)n2CCCCNC(=O)OC(C)(C)C)cc1.Cl.Cl. The van der Waals surface area contributed by atoms with E-state index in [0.717, 1.165) is 163 Å². The lowest BCUT2D eigenvalue weighted by Crippen LogP contribution is -2.33. The number of thioether (sulfide) groups is 2. The van der Waals surface area contributed by atoms with Gasteiger partial charge in [0.05, 0.1) is 16.8 Å². The van der Waals surface area contributed by atoms with Crippen LogP contribution in [0.3, 0.4) is 0 Å². The summed E-state index contributed by atoms with van der Waals surface area (Å²) in [4.78, 5) is 67.8. The van der Waals surface area contributed by atoms with Crippen LogP contribution in [0.15, 0.2) is 211 Å². The van der Waals surface area contributed by atoms with Gasteiger partial charge in [0.15, 0.2) is 49.9 Å². The lowest BCUT2D eigenvalue weighted by molar-refractivity contribution is 0.0515. The van der Waals surface area contributed by atoms with Gasteiger partial charge in [-0.05, 0) is 264 Å². The maximum absolute atomic E-state index is 13.1. The zero-order valence-electron chi connectivity index (χ0n) is 72.2. The quantitative estimate of drug-likeness (QED) is 0.00935. The normalized spacial score (nSPS) is 11.0. The number of nitrogens with zero attached hydrogens (tertiary/aromatic N) is 11. The fourth-order valence-electron chi connectivity index (χ4n) is 13.4. The molecule has 0 spiro atoms. The molecule has 3 heterocycles. The molecule has 0 unspecified atom stereocenters. The number of halogens is 3. The smallest absolute Gasteiger partial charge is 0.407 e. The molecule has 2 amide bonds. The number of aromatic nitrogens is 9. The summed E-state index contributed by atoms with van der Waals surface area (Å²) in [5.74, 6) is 3.26. The minimum atomic E-state index is -0.529. The number of ketones is 3. The number of Topliss-reactive ketones (excluding diaryl/α,β-unsaturated/α-hetero) is 3. The van der Waals surface area contributed by atoms with Crippen LogP contribution >= 0.6 is 76.5 Å². The minimum absolute atomic E-state index is 0. The summed E-state index contributed by atoms with van der Waals surface area (Å²) in [5.41, 5.74) is 13.3. The summed E-state index contributed by atoms with van der Waals surface area (Å²) in [6.45, 7) is 33.4. The highest BCUT2D eigenvalue weighted by Crippen LogP contribution is 2.32. The molecule has 28 heteroatoms. The van der Waals surface area contributed by atoms with E-state index in [4.69, 9.17) is 27.4 Å². The van der Waals surface area contributed by atoms with E-state index < -0.39 is 17.3 Å². The van der Waals surface area contributed by atoms with Crippen molar-refractivity contribution in [3.8, 4) is 34.2 Å². The standard InChI is InChI=1S/C33H41N5O3S.C28H33N5OS.C21H26N4O2S.C12H16BrNO.2ClH/c1-6-37(7-2)28-18-16-25(17-19-28)29(39)23-42-31-36-35-30(27-15-14-24-12-8-9-13-26(24)22-27)38(31)21-11-10-20-34-32(40)41-33(3,4)5;1-3-32(4-2)25-15-13-22(14-16-25)26(34)20-35-28-31-30-27(33(28)18-8-7-17-29)24-12-11-21-9-5-6-10-23(21)19-24;1-21(2,3)27-20(26)22-12-6-7-13-25-18(23-24-19(25)28)17-11-10-15-8-4-5-9-16(15)14-17;1-3-14(4-2)11-7-5-10(6-8-11)12(15)9-13;;/h8-9,12-19,22H,6-7,10-11,20-21,23H2,1-5H3,(H,34,40);5-6,9-16,19H,3-4,7-8,17-18,20,29H2,1-2H3;4-5,8-11,14H,6-7,12-13H2,1-3H3,(H,22,26)(H,24,28);5-8H,3-4,9H2,1-2H3;2*1H. The molecule has 0 atom stereocenters.